The maximum atomic E-state index is 13.0. The highest BCUT2D eigenvalue weighted by Crippen LogP contribution is 2.17. The Hall–Kier alpha value is -3.67. The molecule has 0 fully saturated rings. The predicted octanol–water partition coefficient (Wildman–Crippen LogP) is 3.83. The fourth-order valence-electron chi connectivity index (χ4n) is 2.78. The van der Waals surface area contributed by atoms with Crippen LogP contribution in [0.5, 0.6) is 5.75 Å². The predicted molar refractivity (Wildman–Crippen MR) is 106 cm³/mol. The van der Waals surface area contributed by atoms with E-state index < -0.39 is 23.7 Å². The van der Waals surface area contributed by atoms with Crippen molar-refractivity contribution < 1.29 is 23.8 Å². The Bertz CT molecular complexity index is 974. The van der Waals surface area contributed by atoms with Gasteiger partial charge in [0.15, 0.2) is 0 Å². The molecule has 3 aromatic carbocycles. The first-order valence-corrected chi connectivity index (χ1v) is 9.06. The molecule has 0 bridgehead atoms. The number of hydrogen-bond donors (Lipinski definition) is 2. The van der Waals surface area contributed by atoms with Gasteiger partial charge in [0, 0.05) is 12.0 Å². The Kier molecular flexibility index (Phi) is 6.58. The molecule has 0 heterocycles. The van der Waals surface area contributed by atoms with Gasteiger partial charge < -0.3 is 15.2 Å². The second-order valence-electron chi connectivity index (χ2n) is 6.50. The van der Waals surface area contributed by atoms with Crippen LogP contribution in [0.4, 0.5) is 4.39 Å². The summed E-state index contributed by atoms with van der Waals surface area (Å²) >= 11 is 0. The van der Waals surface area contributed by atoms with Gasteiger partial charge in [0.2, 0.25) is 0 Å². The van der Waals surface area contributed by atoms with Crippen LogP contribution in [0.1, 0.15) is 21.5 Å². The smallest absolute Gasteiger partial charge is 0.326 e. The third kappa shape index (κ3) is 5.90. The van der Waals surface area contributed by atoms with E-state index in [9.17, 15) is 19.1 Å². The summed E-state index contributed by atoms with van der Waals surface area (Å²) in [6.07, 6.45) is 0.0881. The highest BCUT2D eigenvalue weighted by molar-refractivity contribution is 5.96. The van der Waals surface area contributed by atoms with Crippen LogP contribution in [0, 0.1) is 5.82 Å². The molecule has 3 rings (SSSR count). The Balaban J connectivity index is 1.64. The van der Waals surface area contributed by atoms with Crippen molar-refractivity contribution >= 4 is 11.9 Å². The third-order valence-electron chi connectivity index (χ3n) is 4.30. The molecule has 1 atom stereocenters. The standard InChI is InChI=1S/C23H20FNO4/c24-19-11-9-18(10-12-19)22(26)25-21(23(27)28)14-17-7-4-8-20(13-17)29-15-16-5-2-1-3-6-16/h1-13,21H,14-15H2,(H,25,26)(H,27,28)/t21-/m0/s1. The first-order valence-electron chi connectivity index (χ1n) is 9.06. The van der Waals surface area contributed by atoms with E-state index in [0.717, 1.165) is 17.7 Å². The molecule has 148 valence electrons. The lowest BCUT2D eigenvalue weighted by molar-refractivity contribution is -0.139. The summed E-state index contributed by atoms with van der Waals surface area (Å²) in [4.78, 5) is 23.9. The fraction of sp³-hybridized carbons (Fsp3) is 0.130. The molecular weight excluding hydrogens is 373 g/mol. The Morgan fingerprint density at radius 2 is 1.62 bits per heavy atom. The van der Waals surface area contributed by atoms with Crippen molar-refractivity contribution in [3.05, 3.63) is 101 Å². The molecule has 0 aliphatic rings. The van der Waals surface area contributed by atoms with Crippen LogP contribution in [0.25, 0.3) is 0 Å². The van der Waals surface area contributed by atoms with Crippen LogP contribution in [-0.2, 0) is 17.8 Å². The maximum absolute atomic E-state index is 13.0. The molecule has 0 radical (unpaired) electrons. The molecule has 0 aromatic heterocycles. The summed E-state index contributed by atoms with van der Waals surface area (Å²) in [5, 5.41) is 12.0. The van der Waals surface area contributed by atoms with Crippen molar-refractivity contribution in [3.63, 3.8) is 0 Å². The van der Waals surface area contributed by atoms with Crippen molar-refractivity contribution in [2.45, 2.75) is 19.1 Å². The minimum absolute atomic E-state index is 0.0881. The van der Waals surface area contributed by atoms with E-state index in [0.29, 0.717) is 17.9 Å². The summed E-state index contributed by atoms with van der Waals surface area (Å²) in [5.41, 5.74) is 1.92. The number of ether oxygens (including phenoxy) is 1. The van der Waals surface area contributed by atoms with Crippen molar-refractivity contribution in [2.24, 2.45) is 0 Å². The third-order valence-corrected chi connectivity index (χ3v) is 4.30. The summed E-state index contributed by atoms with van der Waals surface area (Å²) in [5.74, 6) is -1.59. The highest BCUT2D eigenvalue weighted by Gasteiger charge is 2.21. The summed E-state index contributed by atoms with van der Waals surface area (Å²) < 4.78 is 18.8. The van der Waals surface area contributed by atoms with Crippen molar-refractivity contribution in [3.8, 4) is 5.75 Å². The second kappa shape index (κ2) is 9.50. The van der Waals surface area contributed by atoms with Gasteiger partial charge in [-0.3, -0.25) is 4.79 Å². The van der Waals surface area contributed by atoms with E-state index in [2.05, 4.69) is 5.32 Å². The molecule has 0 saturated heterocycles. The van der Waals surface area contributed by atoms with Crippen molar-refractivity contribution in [1.82, 2.24) is 5.32 Å². The molecule has 6 heteroatoms. The zero-order chi connectivity index (χ0) is 20.6. The Labute approximate surface area is 167 Å². The molecule has 0 spiro atoms. The number of hydrogen-bond acceptors (Lipinski definition) is 3. The summed E-state index contributed by atoms with van der Waals surface area (Å²) in [6, 6.07) is 20.6. The van der Waals surface area contributed by atoms with Crippen molar-refractivity contribution in [1.29, 1.82) is 0 Å². The zero-order valence-corrected chi connectivity index (χ0v) is 15.5. The van der Waals surface area contributed by atoms with Crippen LogP contribution in [0.2, 0.25) is 0 Å². The molecule has 0 aliphatic carbocycles. The molecule has 0 unspecified atom stereocenters. The SMILES string of the molecule is O=C(N[C@@H](Cc1cccc(OCc2ccccc2)c1)C(=O)O)c1ccc(F)cc1. The molecule has 0 saturated carbocycles. The quantitative estimate of drug-likeness (QED) is 0.610. The topological polar surface area (TPSA) is 75.6 Å². The molecule has 2 N–H and O–H groups in total. The monoisotopic (exact) mass is 393 g/mol. The van der Waals surface area contributed by atoms with Gasteiger partial charge in [-0.05, 0) is 47.5 Å². The van der Waals surface area contributed by atoms with E-state index in [1.807, 2.05) is 30.3 Å². The molecular formula is C23H20FNO4. The first-order chi connectivity index (χ1) is 14.0. The number of amides is 1. The van der Waals surface area contributed by atoms with Gasteiger partial charge in [0.05, 0.1) is 0 Å². The number of nitrogens with one attached hydrogen (secondary N) is 1. The summed E-state index contributed by atoms with van der Waals surface area (Å²) in [7, 11) is 0. The van der Waals surface area contributed by atoms with Gasteiger partial charge in [-0.2, -0.15) is 0 Å². The average Bonchev–Trinajstić information content (AvgIpc) is 2.73. The number of carbonyl (C=O) groups is 2. The van der Waals surface area contributed by atoms with Crippen LogP contribution in [0.15, 0.2) is 78.9 Å². The highest BCUT2D eigenvalue weighted by atomic mass is 19.1. The number of carbonyl (C=O) groups excluding carboxylic acids is 1. The van der Waals surface area contributed by atoms with E-state index >= 15 is 0 Å². The number of carboxylic acids is 1. The normalized spacial score (nSPS) is 11.5. The van der Waals surface area contributed by atoms with E-state index in [1.54, 1.807) is 24.3 Å². The average molecular weight is 393 g/mol. The number of aliphatic carboxylic acids is 1. The molecule has 29 heavy (non-hydrogen) atoms. The van der Waals surface area contributed by atoms with Gasteiger partial charge in [0.25, 0.3) is 5.91 Å². The van der Waals surface area contributed by atoms with E-state index in [-0.39, 0.29) is 12.0 Å². The lowest BCUT2D eigenvalue weighted by Gasteiger charge is -2.15. The Morgan fingerprint density at radius 1 is 0.931 bits per heavy atom. The van der Waals surface area contributed by atoms with Crippen LogP contribution >= 0.6 is 0 Å². The van der Waals surface area contributed by atoms with Crippen molar-refractivity contribution in [2.75, 3.05) is 0 Å². The van der Waals surface area contributed by atoms with Gasteiger partial charge in [-0.15, -0.1) is 0 Å². The molecule has 0 aliphatic heterocycles. The first kappa shape index (κ1) is 20.1. The van der Waals surface area contributed by atoms with Gasteiger partial charge in [0.1, 0.15) is 24.2 Å². The lowest BCUT2D eigenvalue weighted by atomic mass is 10.0. The van der Waals surface area contributed by atoms with Crippen LogP contribution in [-0.4, -0.2) is 23.0 Å². The summed E-state index contributed by atoms with van der Waals surface area (Å²) in [6.45, 7) is 0.397. The van der Waals surface area contributed by atoms with E-state index in [4.69, 9.17) is 4.74 Å². The lowest BCUT2D eigenvalue weighted by Crippen LogP contribution is -2.42. The molecule has 3 aromatic rings. The van der Waals surface area contributed by atoms with E-state index in [1.165, 1.54) is 12.1 Å². The largest absolute Gasteiger partial charge is 0.489 e. The minimum atomic E-state index is -1.16. The Morgan fingerprint density at radius 3 is 2.31 bits per heavy atom. The molecule has 1 amide bonds. The molecule has 5 nitrogen and oxygen atoms in total. The second-order valence-corrected chi connectivity index (χ2v) is 6.50. The number of carboxylic acid groups (broad SMARTS) is 1. The minimum Gasteiger partial charge on any atom is -0.489 e. The number of halogens is 1. The van der Waals surface area contributed by atoms with Crippen LogP contribution < -0.4 is 10.1 Å². The maximum Gasteiger partial charge on any atom is 0.326 e. The van der Waals surface area contributed by atoms with Crippen LogP contribution in [0.3, 0.4) is 0 Å². The zero-order valence-electron chi connectivity index (χ0n) is 15.5. The number of rotatable bonds is 8. The fourth-order valence-corrected chi connectivity index (χ4v) is 2.78. The number of benzene rings is 3. The van der Waals surface area contributed by atoms with Gasteiger partial charge in [-0.25, -0.2) is 9.18 Å². The van der Waals surface area contributed by atoms with Gasteiger partial charge in [-0.1, -0.05) is 42.5 Å². The van der Waals surface area contributed by atoms with Gasteiger partial charge >= 0.3 is 5.97 Å².